The Morgan fingerprint density at radius 2 is 2.50 bits per heavy atom. The summed E-state index contributed by atoms with van der Waals surface area (Å²) in [5.41, 5.74) is 6.10. The van der Waals surface area contributed by atoms with Crippen LogP contribution in [0.3, 0.4) is 0 Å². The van der Waals surface area contributed by atoms with Gasteiger partial charge in [-0.25, -0.2) is 0 Å². The van der Waals surface area contributed by atoms with Crippen LogP contribution in [0.4, 0.5) is 0 Å². The van der Waals surface area contributed by atoms with E-state index in [0.29, 0.717) is 0 Å². The van der Waals surface area contributed by atoms with Crippen LogP contribution in [-0.4, -0.2) is 19.8 Å². The second-order valence-electron chi connectivity index (χ2n) is 3.44. The fourth-order valence-electron chi connectivity index (χ4n) is 1.69. The van der Waals surface area contributed by atoms with Crippen molar-refractivity contribution in [2.45, 2.75) is 25.0 Å². The number of nitrogens with two attached hydrogens (primary N) is 1. The average Bonchev–Trinajstić information content (AvgIpc) is 2.88. The van der Waals surface area contributed by atoms with E-state index in [-0.39, 0.29) is 12.1 Å². The Labute approximate surface area is 87.8 Å². The molecule has 14 heavy (non-hydrogen) atoms. The summed E-state index contributed by atoms with van der Waals surface area (Å²) in [6, 6.07) is 3.98. The van der Waals surface area contributed by atoms with Crippen LogP contribution in [0.2, 0.25) is 0 Å². The molecule has 0 aliphatic carbocycles. The molecule has 4 heteroatoms. The molecule has 1 saturated heterocycles. The van der Waals surface area contributed by atoms with Gasteiger partial charge in [0.05, 0.1) is 19.3 Å². The lowest BCUT2D eigenvalue weighted by atomic mass is 10.1. The minimum Gasteiger partial charge on any atom is -0.487 e. The molecule has 2 rings (SSSR count). The van der Waals surface area contributed by atoms with Crippen LogP contribution in [0, 0.1) is 0 Å². The highest BCUT2D eigenvalue weighted by Gasteiger charge is 2.25. The molecule has 2 unspecified atom stereocenters. The third-order valence-electron chi connectivity index (χ3n) is 2.50. The monoisotopic (exact) mass is 213 g/mol. The largest absolute Gasteiger partial charge is 0.487 e. The fraction of sp³-hybridized carbons (Fsp3) is 0.600. The van der Waals surface area contributed by atoms with Gasteiger partial charge in [-0.2, -0.15) is 0 Å². The van der Waals surface area contributed by atoms with Gasteiger partial charge in [-0.15, -0.1) is 11.3 Å². The molecular formula is C10H15NO2S. The summed E-state index contributed by atoms with van der Waals surface area (Å²) in [7, 11) is 1.67. The van der Waals surface area contributed by atoms with Crippen molar-refractivity contribution in [3.63, 3.8) is 0 Å². The maximum atomic E-state index is 6.10. The van der Waals surface area contributed by atoms with Gasteiger partial charge in [-0.3, -0.25) is 0 Å². The molecule has 1 aliphatic heterocycles. The van der Waals surface area contributed by atoms with Gasteiger partial charge in [0, 0.05) is 11.5 Å². The van der Waals surface area contributed by atoms with Gasteiger partial charge in [0.1, 0.15) is 0 Å². The Morgan fingerprint density at radius 3 is 3.07 bits per heavy atom. The molecule has 0 amide bonds. The highest BCUT2D eigenvalue weighted by Crippen LogP contribution is 2.32. The molecular weight excluding hydrogens is 198 g/mol. The van der Waals surface area contributed by atoms with Crippen molar-refractivity contribution in [2.24, 2.45) is 5.73 Å². The summed E-state index contributed by atoms with van der Waals surface area (Å²) in [4.78, 5) is 1.15. The summed E-state index contributed by atoms with van der Waals surface area (Å²) >= 11 is 1.60. The van der Waals surface area contributed by atoms with E-state index >= 15 is 0 Å². The van der Waals surface area contributed by atoms with E-state index in [1.54, 1.807) is 18.4 Å². The Balaban J connectivity index is 2.05. The van der Waals surface area contributed by atoms with Crippen molar-refractivity contribution in [3.05, 3.63) is 17.0 Å². The lowest BCUT2D eigenvalue weighted by molar-refractivity contribution is 0.0909. The zero-order valence-electron chi connectivity index (χ0n) is 8.23. The number of rotatable bonds is 3. The smallest absolute Gasteiger partial charge is 0.173 e. The SMILES string of the molecule is COc1ccc(C(N)C2CCCO2)s1. The summed E-state index contributed by atoms with van der Waals surface area (Å²) < 4.78 is 10.7. The Kier molecular flexibility index (Phi) is 3.05. The molecule has 78 valence electrons. The summed E-state index contributed by atoms with van der Waals surface area (Å²) in [6.07, 6.45) is 2.39. The third kappa shape index (κ3) is 1.92. The Hall–Kier alpha value is -0.580. The zero-order valence-corrected chi connectivity index (χ0v) is 9.05. The maximum Gasteiger partial charge on any atom is 0.173 e. The van der Waals surface area contributed by atoms with Crippen LogP contribution in [0.15, 0.2) is 12.1 Å². The predicted octanol–water partition coefficient (Wildman–Crippen LogP) is 1.94. The van der Waals surface area contributed by atoms with Gasteiger partial charge in [0.25, 0.3) is 0 Å². The number of methoxy groups -OCH3 is 1. The van der Waals surface area contributed by atoms with Crippen molar-refractivity contribution in [3.8, 4) is 5.06 Å². The topological polar surface area (TPSA) is 44.5 Å². The normalized spacial score (nSPS) is 23.7. The second kappa shape index (κ2) is 4.29. The van der Waals surface area contributed by atoms with Crippen LogP contribution in [0.1, 0.15) is 23.8 Å². The van der Waals surface area contributed by atoms with E-state index in [9.17, 15) is 0 Å². The van der Waals surface area contributed by atoms with Gasteiger partial charge < -0.3 is 15.2 Å². The first-order chi connectivity index (χ1) is 6.81. The summed E-state index contributed by atoms with van der Waals surface area (Å²) in [5.74, 6) is 0. The summed E-state index contributed by atoms with van der Waals surface area (Å²) in [5, 5.41) is 0.911. The van der Waals surface area contributed by atoms with Gasteiger partial charge >= 0.3 is 0 Å². The van der Waals surface area contributed by atoms with Crippen molar-refractivity contribution >= 4 is 11.3 Å². The van der Waals surface area contributed by atoms with Crippen LogP contribution < -0.4 is 10.5 Å². The molecule has 3 nitrogen and oxygen atoms in total. The van der Waals surface area contributed by atoms with E-state index in [4.69, 9.17) is 15.2 Å². The number of hydrogen-bond donors (Lipinski definition) is 1. The second-order valence-corrected chi connectivity index (χ2v) is 4.52. The molecule has 0 radical (unpaired) electrons. The predicted molar refractivity (Wildman–Crippen MR) is 56.8 cm³/mol. The lowest BCUT2D eigenvalue weighted by Crippen LogP contribution is -2.24. The first-order valence-corrected chi connectivity index (χ1v) is 5.64. The van der Waals surface area contributed by atoms with Crippen molar-refractivity contribution in [2.75, 3.05) is 13.7 Å². The first-order valence-electron chi connectivity index (χ1n) is 4.82. The molecule has 0 aromatic carbocycles. The Morgan fingerprint density at radius 1 is 1.64 bits per heavy atom. The fourth-order valence-corrected chi connectivity index (χ4v) is 2.57. The Bertz CT molecular complexity index is 294. The molecule has 0 bridgehead atoms. The van der Waals surface area contributed by atoms with Crippen molar-refractivity contribution in [1.82, 2.24) is 0 Å². The van der Waals surface area contributed by atoms with Crippen molar-refractivity contribution in [1.29, 1.82) is 0 Å². The van der Waals surface area contributed by atoms with Crippen LogP contribution in [0.5, 0.6) is 5.06 Å². The molecule has 1 fully saturated rings. The van der Waals surface area contributed by atoms with E-state index in [2.05, 4.69) is 0 Å². The van der Waals surface area contributed by atoms with Crippen LogP contribution in [-0.2, 0) is 4.74 Å². The highest BCUT2D eigenvalue weighted by atomic mass is 32.1. The van der Waals surface area contributed by atoms with Crippen LogP contribution in [0.25, 0.3) is 0 Å². The molecule has 0 saturated carbocycles. The van der Waals surface area contributed by atoms with E-state index in [0.717, 1.165) is 29.4 Å². The highest BCUT2D eigenvalue weighted by molar-refractivity contribution is 7.13. The first kappa shape index (κ1) is 9.96. The number of hydrogen-bond acceptors (Lipinski definition) is 4. The summed E-state index contributed by atoms with van der Waals surface area (Å²) in [6.45, 7) is 0.848. The zero-order chi connectivity index (χ0) is 9.97. The van der Waals surface area contributed by atoms with Crippen LogP contribution >= 0.6 is 11.3 Å². The molecule has 2 N–H and O–H groups in total. The average molecular weight is 213 g/mol. The third-order valence-corrected chi connectivity index (χ3v) is 3.65. The minimum atomic E-state index is 0.00593. The van der Waals surface area contributed by atoms with E-state index in [1.807, 2.05) is 12.1 Å². The molecule has 0 spiro atoms. The molecule has 1 aromatic heterocycles. The molecule has 1 aliphatic rings. The van der Waals surface area contributed by atoms with E-state index in [1.165, 1.54) is 0 Å². The lowest BCUT2D eigenvalue weighted by Gasteiger charge is -2.16. The van der Waals surface area contributed by atoms with Gasteiger partial charge in [0.15, 0.2) is 5.06 Å². The minimum absolute atomic E-state index is 0.00593. The molecule has 2 atom stereocenters. The molecule has 2 heterocycles. The van der Waals surface area contributed by atoms with E-state index < -0.39 is 0 Å². The quantitative estimate of drug-likeness (QED) is 0.834. The van der Waals surface area contributed by atoms with Crippen molar-refractivity contribution < 1.29 is 9.47 Å². The van der Waals surface area contributed by atoms with Gasteiger partial charge in [-0.1, -0.05) is 0 Å². The number of ether oxygens (including phenoxy) is 2. The number of thiophene rings is 1. The maximum absolute atomic E-state index is 6.10. The standard InChI is InChI=1S/C10H15NO2S/c1-12-9-5-4-8(14-9)10(11)7-3-2-6-13-7/h4-5,7,10H,2-3,6,11H2,1H3. The molecule has 1 aromatic rings. The van der Waals surface area contributed by atoms with Gasteiger partial charge in [0.2, 0.25) is 0 Å². The van der Waals surface area contributed by atoms with Gasteiger partial charge in [-0.05, 0) is 25.0 Å².